The summed E-state index contributed by atoms with van der Waals surface area (Å²) >= 11 is 0. The summed E-state index contributed by atoms with van der Waals surface area (Å²) in [5.74, 6) is -0.261. The maximum Gasteiger partial charge on any atom is 0.242 e. The molecule has 1 aliphatic heterocycles. The molecular weight excluding hydrogens is 430 g/mol. The number of hydrogen-bond acceptors (Lipinski definition) is 5. The molecule has 9 heteroatoms. The van der Waals surface area contributed by atoms with Crippen molar-refractivity contribution in [2.75, 3.05) is 17.3 Å². The van der Waals surface area contributed by atoms with Gasteiger partial charge >= 0.3 is 0 Å². The third-order valence-electron chi connectivity index (χ3n) is 5.48. The first-order valence-electron chi connectivity index (χ1n) is 10.4. The second kappa shape index (κ2) is 9.30. The van der Waals surface area contributed by atoms with Crippen molar-refractivity contribution in [3.63, 3.8) is 0 Å². The Hall–Kier alpha value is -2.91. The van der Waals surface area contributed by atoms with Crippen LogP contribution in [-0.2, 0) is 26.0 Å². The van der Waals surface area contributed by atoms with E-state index in [1.165, 1.54) is 20.1 Å². The Morgan fingerprint density at radius 3 is 2.50 bits per heavy atom. The highest BCUT2D eigenvalue weighted by Gasteiger charge is 2.32. The summed E-state index contributed by atoms with van der Waals surface area (Å²) < 4.78 is 33.9. The average molecular weight is 460 g/mol. The van der Waals surface area contributed by atoms with E-state index in [4.69, 9.17) is 4.74 Å². The molecule has 2 N–H and O–H groups in total. The molecule has 0 saturated carbocycles. The number of amides is 2. The normalized spacial score (nSPS) is 16.6. The van der Waals surface area contributed by atoms with Gasteiger partial charge in [0.15, 0.2) is 0 Å². The van der Waals surface area contributed by atoms with Crippen LogP contribution in [0.25, 0.3) is 0 Å². The van der Waals surface area contributed by atoms with Gasteiger partial charge in [-0.2, -0.15) is 4.72 Å². The zero-order valence-corrected chi connectivity index (χ0v) is 19.7. The highest BCUT2D eigenvalue weighted by Crippen LogP contribution is 2.34. The minimum atomic E-state index is -3.97. The fraction of sp³-hybridized carbons (Fsp3) is 0.391. The van der Waals surface area contributed by atoms with Crippen molar-refractivity contribution < 1.29 is 22.7 Å². The van der Waals surface area contributed by atoms with Crippen molar-refractivity contribution >= 4 is 33.2 Å². The Morgan fingerprint density at radius 2 is 1.88 bits per heavy atom. The number of anilines is 2. The van der Waals surface area contributed by atoms with Gasteiger partial charge in [-0.1, -0.05) is 19.9 Å². The van der Waals surface area contributed by atoms with Crippen LogP contribution in [0.1, 0.15) is 33.3 Å². The number of carbonyl (C=O) groups is 2. The topological polar surface area (TPSA) is 105 Å². The minimum absolute atomic E-state index is 0.0366. The van der Waals surface area contributed by atoms with E-state index in [1.807, 2.05) is 6.92 Å². The predicted molar refractivity (Wildman–Crippen MR) is 123 cm³/mol. The van der Waals surface area contributed by atoms with Crippen molar-refractivity contribution in [1.82, 2.24) is 4.72 Å². The number of nitrogens with one attached hydrogen (secondary N) is 2. The highest BCUT2D eigenvalue weighted by atomic mass is 32.2. The molecule has 0 radical (unpaired) electrons. The van der Waals surface area contributed by atoms with Crippen LogP contribution >= 0.6 is 0 Å². The lowest BCUT2D eigenvalue weighted by atomic mass is 10.0. The van der Waals surface area contributed by atoms with Gasteiger partial charge in [0.05, 0.1) is 12.0 Å². The van der Waals surface area contributed by atoms with E-state index in [1.54, 1.807) is 55.1 Å². The van der Waals surface area contributed by atoms with Crippen molar-refractivity contribution in [1.29, 1.82) is 0 Å². The number of rotatable bonds is 7. The van der Waals surface area contributed by atoms with Crippen LogP contribution in [0.4, 0.5) is 11.4 Å². The third-order valence-corrected chi connectivity index (χ3v) is 6.92. The summed E-state index contributed by atoms with van der Waals surface area (Å²) in [6, 6.07) is 10.5. The van der Waals surface area contributed by atoms with E-state index >= 15 is 0 Å². The summed E-state index contributed by atoms with van der Waals surface area (Å²) in [7, 11) is -2.44. The second-order valence-corrected chi connectivity index (χ2v) is 10.0. The van der Waals surface area contributed by atoms with E-state index in [0.717, 1.165) is 11.3 Å². The fourth-order valence-corrected chi connectivity index (χ4v) is 5.30. The van der Waals surface area contributed by atoms with E-state index in [0.29, 0.717) is 17.9 Å². The van der Waals surface area contributed by atoms with Gasteiger partial charge in [0.25, 0.3) is 0 Å². The molecule has 0 aliphatic carbocycles. The van der Waals surface area contributed by atoms with Crippen LogP contribution in [0.3, 0.4) is 0 Å². The summed E-state index contributed by atoms with van der Waals surface area (Å²) in [6.45, 7) is 6.96. The molecule has 172 valence electrons. The van der Waals surface area contributed by atoms with Gasteiger partial charge in [-0.25, -0.2) is 8.42 Å². The van der Waals surface area contributed by atoms with Gasteiger partial charge in [0.2, 0.25) is 21.8 Å². The molecule has 2 amide bonds. The molecule has 2 aromatic carbocycles. The summed E-state index contributed by atoms with van der Waals surface area (Å²) in [5, 5.41) is 2.75. The van der Waals surface area contributed by atoms with E-state index in [2.05, 4.69) is 10.0 Å². The molecule has 32 heavy (non-hydrogen) atoms. The lowest BCUT2D eigenvalue weighted by molar-refractivity contribution is -0.118. The van der Waals surface area contributed by atoms with E-state index < -0.39 is 22.0 Å². The van der Waals surface area contributed by atoms with Gasteiger partial charge in [-0.15, -0.1) is 0 Å². The summed E-state index contributed by atoms with van der Waals surface area (Å²) in [6.07, 6.45) is 0.572. The first kappa shape index (κ1) is 23.7. The van der Waals surface area contributed by atoms with Crippen molar-refractivity contribution in [3.8, 4) is 5.75 Å². The van der Waals surface area contributed by atoms with Gasteiger partial charge in [0, 0.05) is 30.4 Å². The maximum absolute atomic E-state index is 13.1. The molecule has 0 unspecified atom stereocenters. The Labute approximate surface area is 189 Å². The number of nitrogens with zero attached hydrogens (tertiary/aromatic N) is 1. The average Bonchev–Trinajstić information content (AvgIpc) is 3.07. The molecule has 2 aromatic rings. The fourth-order valence-electron chi connectivity index (χ4n) is 3.90. The number of fused-ring (bicyclic) bond motifs is 1. The largest absolute Gasteiger partial charge is 0.497 e. The highest BCUT2D eigenvalue weighted by molar-refractivity contribution is 7.89. The Balaban J connectivity index is 1.82. The number of benzene rings is 2. The van der Waals surface area contributed by atoms with Crippen molar-refractivity contribution in [2.24, 2.45) is 5.92 Å². The molecule has 1 aliphatic rings. The van der Waals surface area contributed by atoms with Gasteiger partial charge < -0.3 is 15.0 Å². The second-order valence-electron chi connectivity index (χ2n) is 8.30. The molecule has 3 rings (SSSR count). The molecular formula is C23H29N3O5S. The first-order chi connectivity index (χ1) is 15.0. The number of ether oxygens (including phenoxy) is 1. The number of hydrogen-bond donors (Lipinski definition) is 2. The lowest BCUT2D eigenvalue weighted by Gasteiger charge is -2.22. The van der Waals surface area contributed by atoms with Crippen LogP contribution in [0.5, 0.6) is 5.75 Å². The lowest BCUT2D eigenvalue weighted by Crippen LogP contribution is -2.47. The Bertz CT molecular complexity index is 1130. The zero-order chi connectivity index (χ0) is 23.6. The van der Waals surface area contributed by atoms with Crippen molar-refractivity contribution in [3.05, 3.63) is 48.0 Å². The third kappa shape index (κ3) is 4.94. The predicted octanol–water partition coefficient (Wildman–Crippen LogP) is 2.93. The molecule has 0 aromatic heterocycles. The Morgan fingerprint density at radius 1 is 1.16 bits per heavy atom. The first-order valence-corrected chi connectivity index (χ1v) is 11.9. The molecule has 0 fully saturated rings. The van der Waals surface area contributed by atoms with Crippen LogP contribution in [-0.4, -0.2) is 39.4 Å². The van der Waals surface area contributed by atoms with E-state index in [-0.39, 0.29) is 22.8 Å². The Kier molecular flexibility index (Phi) is 6.90. The number of methoxy groups -OCH3 is 1. The number of carbonyl (C=O) groups excluding carboxylic acids is 2. The molecule has 2 atom stereocenters. The standard InChI is InChI=1S/C23H29N3O5S/c1-14(2)22(23(28)24-18-7-6-8-19(13-18)31-5)25-32(29,30)20-9-10-21-17(12-20)11-15(3)26(21)16(4)27/h6-10,12-15,22,25H,11H2,1-5H3,(H,24,28)/t15-,22-/m0/s1. The van der Waals surface area contributed by atoms with Crippen LogP contribution < -0.4 is 19.7 Å². The van der Waals surface area contributed by atoms with Crippen LogP contribution in [0, 0.1) is 5.92 Å². The molecule has 0 bridgehead atoms. The van der Waals surface area contributed by atoms with Gasteiger partial charge in [-0.05, 0) is 55.2 Å². The molecule has 0 saturated heterocycles. The van der Waals surface area contributed by atoms with Gasteiger partial charge in [0.1, 0.15) is 11.8 Å². The smallest absolute Gasteiger partial charge is 0.242 e. The summed E-state index contributed by atoms with van der Waals surface area (Å²) in [4.78, 5) is 26.5. The maximum atomic E-state index is 13.1. The SMILES string of the molecule is COc1cccc(NC(=O)[C@@H](NS(=O)(=O)c2ccc3c(c2)C[C@H](C)N3C(C)=O)C(C)C)c1. The summed E-state index contributed by atoms with van der Waals surface area (Å²) in [5.41, 5.74) is 2.02. The van der Waals surface area contributed by atoms with Gasteiger partial charge in [-0.3, -0.25) is 9.59 Å². The van der Waals surface area contributed by atoms with Crippen molar-refractivity contribution in [2.45, 2.75) is 51.1 Å². The monoisotopic (exact) mass is 459 g/mol. The quantitative estimate of drug-likeness (QED) is 0.662. The van der Waals surface area contributed by atoms with Crippen LogP contribution in [0.15, 0.2) is 47.4 Å². The zero-order valence-electron chi connectivity index (χ0n) is 18.9. The molecule has 8 nitrogen and oxygen atoms in total. The van der Waals surface area contributed by atoms with Crippen LogP contribution in [0.2, 0.25) is 0 Å². The molecule has 0 spiro atoms. The minimum Gasteiger partial charge on any atom is -0.497 e. The van der Waals surface area contributed by atoms with E-state index in [9.17, 15) is 18.0 Å². The molecule has 1 heterocycles. The number of sulfonamides is 1.